The summed E-state index contributed by atoms with van der Waals surface area (Å²) in [5.74, 6) is 0. The summed E-state index contributed by atoms with van der Waals surface area (Å²) in [6.07, 6.45) is 0.970. The molecule has 2 rings (SSSR count). The molecule has 1 aliphatic rings. The molecule has 1 aliphatic heterocycles. The summed E-state index contributed by atoms with van der Waals surface area (Å²) in [5, 5.41) is 5.08. The van der Waals surface area contributed by atoms with Gasteiger partial charge >= 0.3 is 0 Å². The lowest BCUT2D eigenvalue weighted by atomic mass is 10.1. The third-order valence-corrected chi connectivity index (χ3v) is 2.82. The third kappa shape index (κ3) is 1.86. The van der Waals surface area contributed by atoms with Crippen LogP contribution in [0.3, 0.4) is 0 Å². The largest absolute Gasteiger partial charge is 0.392 e. The first kappa shape index (κ1) is 9.81. The fourth-order valence-electron chi connectivity index (χ4n) is 1.35. The summed E-state index contributed by atoms with van der Waals surface area (Å²) < 4.78 is 0. The normalized spacial score (nSPS) is 20.5. The van der Waals surface area contributed by atoms with Crippen LogP contribution in [-0.2, 0) is 4.84 Å². The van der Waals surface area contributed by atoms with Crippen molar-refractivity contribution in [1.82, 2.24) is 0 Å². The Balaban J connectivity index is 2.30. The molecule has 74 valence electrons. The first-order valence-corrected chi connectivity index (χ1v) is 5.10. The number of rotatable bonds is 1. The molecule has 0 radical (unpaired) electrons. The van der Waals surface area contributed by atoms with E-state index in [4.69, 9.17) is 28.0 Å². The van der Waals surface area contributed by atoms with Gasteiger partial charge in [-0.1, -0.05) is 34.4 Å². The minimum atomic E-state index is 0.152. The Bertz CT molecular complexity index is 390. The van der Waals surface area contributed by atoms with Gasteiger partial charge in [0.25, 0.3) is 0 Å². The monoisotopic (exact) mass is 229 g/mol. The topological polar surface area (TPSA) is 21.6 Å². The Morgan fingerprint density at radius 2 is 2.14 bits per heavy atom. The van der Waals surface area contributed by atoms with E-state index in [0.29, 0.717) is 10.0 Å². The van der Waals surface area contributed by atoms with Crippen molar-refractivity contribution in [2.45, 2.75) is 19.4 Å². The van der Waals surface area contributed by atoms with Crippen LogP contribution >= 0.6 is 23.2 Å². The SMILES string of the molecule is CC1CC(c2ccc(Cl)c(Cl)c2)=NO1. The summed E-state index contributed by atoms with van der Waals surface area (Å²) in [7, 11) is 0. The van der Waals surface area contributed by atoms with Gasteiger partial charge in [0.15, 0.2) is 0 Å². The van der Waals surface area contributed by atoms with Gasteiger partial charge in [0.2, 0.25) is 0 Å². The summed E-state index contributed by atoms with van der Waals surface area (Å²) in [5.41, 5.74) is 1.90. The van der Waals surface area contributed by atoms with Gasteiger partial charge in [0.1, 0.15) is 6.10 Å². The Hall–Kier alpha value is -0.730. The van der Waals surface area contributed by atoms with Crippen LogP contribution in [0.1, 0.15) is 18.9 Å². The predicted molar refractivity (Wildman–Crippen MR) is 58.2 cm³/mol. The minimum absolute atomic E-state index is 0.152. The van der Waals surface area contributed by atoms with Gasteiger partial charge in [-0.25, -0.2) is 0 Å². The second-order valence-electron chi connectivity index (χ2n) is 3.29. The molecule has 0 N–H and O–H groups in total. The number of nitrogens with zero attached hydrogens (tertiary/aromatic N) is 1. The van der Waals surface area contributed by atoms with Gasteiger partial charge in [-0.05, 0) is 19.1 Å². The molecule has 1 atom stereocenters. The highest BCUT2D eigenvalue weighted by Gasteiger charge is 2.18. The van der Waals surface area contributed by atoms with Crippen LogP contribution < -0.4 is 0 Å². The highest BCUT2D eigenvalue weighted by atomic mass is 35.5. The summed E-state index contributed by atoms with van der Waals surface area (Å²) in [6.45, 7) is 1.98. The first-order valence-electron chi connectivity index (χ1n) is 4.35. The molecule has 0 saturated carbocycles. The van der Waals surface area contributed by atoms with Crippen LogP contribution in [0.15, 0.2) is 23.4 Å². The molecule has 2 nitrogen and oxygen atoms in total. The molecule has 0 spiro atoms. The highest BCUT2D eigenvalue weighted by molar-refractivity contribution is 6.42. The van der Waals surface area contributed by atoms with E-state index in [-0.39, 0.29) is 6.10 Å². The molecule has 0 aliphatic carbocycles. The average molecular weight is 230 g/mol. The van der Waals surface area contributed by atoms with Gasteiger partial charge in [0, 0.05) is 12.0 Å². The third-order valence-electron chi connectivity index (χ3n) is 2.08. The van der Waals surface area contributed by atoms with E-state index in [1.807, 2.05) is 19.1 Å². The van der Waals surface area contributed by atoms with Gasteiger partial charge in [-0.15, -0.1) is 0 Å². The van der Waals surface area contributed by atoms with Crippen molar-refractivity contribution in [3.63, 3.8) is 0 Å². The summed E-state index contributed by atoms with van der Waals surface area (Å²) in [6, 6.07) is 5.48. The van der Waals surface area contributed by atoms with E-state index < -0.39 is 0 Å². The lowest BCUT2D eigenvalue weighted by molar-refractivity contribution is 0.0995. The van der Waals surface area contributed by atoms with Crippen molar-refractivity contribution in [1.29, 1.82) is 0 Å². The molecule has 1 aromatic rings. The second-order valence-corrected chi connectivity index (χ2v) is 4.10. The van der Waals surface area contributed by atoms with Crippen LogP contribution in [0.5, 0.6) is 0 Å². The highest BCUT2D eigenvalue weighted by Crippen LogP contribution is 2.25. The Morgan fingerprint density at radius 3 is 2.71 bits per heavy atom. The van der Waals surface area contributed by atoms with E-state index in [1.165, 1.54) is 0 Å². The predicted octanol–water partition coefficient (Wildman–Crippen LogP) is 3.51. The Morgan fingerprint density at radius 1 is 1.36 bits per heavy atom. The molecule has 0 aromatic heterocycles. The molecule has 1 unspecified atom stereocenters. The number of hydrogen-bond donors (Lipinski definition) is 0. The summed E-state index contributed by atoms with van der Waals surface area (Å²) >= 11 is 11.7. The van der Waals surface area contributed by atoms with Gasteiger partial charge in [-0.3, -0.25) is 0 Å². The molecule has 0 amide bonds. The van der Waals surface area contributed by atoms with Gasteiger partial charge < -0.3 is 4.84 Å². The van der Waals surface area contributed by atoms with Crippen molar-refractivity contribution in [2.24, 2.45) is 5.16 Å². The fourth-order valence-corrected chi connectivity index (χ4v) is 1.64. The second kappa shape index (κ2) is 3.79. The van der Waals surface area contributed by atoms with Crippen LogP contribution in [0.2, 0.25) is 10.0 Å². The lowest BCUT2D eigenvalue weighted by Crippen LogP contribution is -2.02. The standard InChI is InChI=1S/C10H9Cl2NO/c1-6-4-10(13-14-6)7-2-3-8(11)9(12)5-7/h2-3,5-6H,4H2,1H3. The molecule has 0 fully saturated rings. The molecule has 1 heterocycles. The smallest absolute Gasteiger partial charge is 0.130 e. The van der Waals surface area contributed by atoms with E-state index in [1.54, 1.807) is 6.07 Å². The van der Waals surface area contributed by atoms with Crippen LogP contribution in [0.4, 0.5) is 0 Å². The molecule has 14 heavy (non-hydrogen) atoms. The molecule has 1 aromatic carbocycles. The average Bonchev–Trinajstić information content (AvgIpc) is 2.57. The zero-order chi connectivity index (χ0) is 10.1. The summed E-state index contributed by atoms with van der Waals surface area (Å²) in [4.78, 5) is 5.10. The quantitative estimate of drug-likeness (QED) is 0.723. The van der Waals surface area contributed by atoms with E-state index in [0.717, 1.165) is 17.7 Å². The first-order chi connectivity index (χ1) is 6.66. The van der Waals surface area contributed by atoms with E-state index in [9.17, 15) is 0 Å². The number of oxime groups is 1. The van der Waals surface area contributed by atoms with Crippen LogP contribution in [0.25, 0.3) is 0 Å². The molecule has 0 saturated heterocycles. The maximum Gasteiger partial charge on any atom is 0.130 e. The number of hydrogen-bond acceptors (Lipinski definition) is 2. The van der Waals surface area contributed by atoms with Crippen molar-refractivity contribution in [3.05, 3.63) is 33.8 Å². The van der Waals surface area contributed by atoms with Crippen LogP contribution in [0, 0.1) is 0 Å². The number of benzene rings is 1. The maximum absolute atomic E-state index is 5.90. The van der Waals surface area contributed by atoms with Crippen molar-refractivity contribution >= 4 is 28.9 Å². The zero-order valence-corrected chi connectivity index (χ0v) is 9.14. The minimum Gasteiger partial charge on any atom is -0.392 e. The van der Waals surface area contributed by atoms with Crippen molar-refractivity contribution < 1.29 is 4.84 Å². The van der Waals surface area contributed by atoms with E-state index >= 15 is 0 Å². The van der Waals surface area contributed by atoms with Crippen molar-refractivity contribution in [3.8, 4) is 0 Å². The lowest BCUT2D eigenvalue weighted by Gasteiger charge is -2.01. The fraction of sp³-hybridized carbons (Fsp3) is 0.300. The molecule has 4 heteroatoms. The Kier molecular flexibility index (Phi) is 2.66. The zero-order valence-electron chi connectivity index (χ0n) is 7.63. The Labute approximate surface area is 92.5 Å². The maximum atomic E-state index is 5.90. The van der Waals surface area contributed by atoms with E-state index in [2.05, 4.69) is 5.16 Å². The molecule has 0 bridgehead atoms. The van der Waals surface area contributed by atoms with Crippen molar-refractivity contribution in [2.75, 3.05) is 0 Å². The molecular formula is C10H9Cl2NO. The van der Waals surface area contributed by atoms with Crippen LogP contribution in [-0.4, -0.2) is 11.8 Å². The van der Waals surface area contributed by atoms with Gasteiger partial charge in [0.05, 0.1) is 15.8 Å². The number of halogens is 2. The van der Waals surface area contributed by atoms with Gasteiger partial charge in [-0.2, -0.15) is 0 Å². The molecular weight excluding hydrogens is 221 g/mol.